The zero-order chi connectivity index (χ0) is 17.3. The minimum absolute atomic E-state index is 0.128. The van der Waals surface area contributed by atoms with Gasteiger partial charge in [0.05, 0.1) is 12.1 Å². The van der Waals surface area contributed by atoms with Gasteiger partial charge in [-0.1, -0.05) is 19.1 Å². The predicted octanol–water partition coefficient (Wildman–Crippen LogP) is 3.13. The molecule has 0 saturated carbocycles. The van der Waals surface area contributed by atoms with Gasteiger partial charge in [0.25, 0.3) is 5.91 Å². The number of carboxylic acids is 1. The highest BCUT2D eigenvalue weighted by Gasteiger charge is 2.33. The molecule has 2 atom stereocenters. The second-order valence-electron chi connectivity index (χ2n) is 6.10. The van der Waals surface area contributed by atoms with Crippen LogP contribution in [-0.2, 0) is 4.79 Å². The van der Waals surface area contributed by atoms with Crippen LogP contribution in [0.4, 0.5) is 4.39 Å². The number of likely N-dealkylation sites (tertiary alicyclic amines) is 1. The van der Waals surface area contributed by atoms with Crippen molar-refractivity contribution in [3.05, 3.63) is 41.2 Å². The number of benzene rings is 1. The molecule has 0 aliphatic carbocycles. The number of carbonyl (C=O) groups excluding carboxylic acids is 1. The molecule has 1 saturated heterocycles. The van der Waals surface area contributed by atoms with Crippen LogP contribution in [-0.4, -0.2) is 40.0 Å². The van der Waals surface area contributed by atoms with Gasteiger partial charge in [0, 0.05) is 18.7 Å². The van der Waals surface area contributed by atoms with Crippen molar-refractivity contribution in [1.29, 1.82) is 0 Å². The van der Waals surface area contributed by atoms with E-state index in [1.807, 2.05) is 6.92 Å². The highest BCUT2D eigenvalue weighted by Crippen LogP contribution is 2.29. The van der Waals surface area contributed by atoms with Crippen molar-refractivity contribution in [2.45, 2.75) is 13.3 Å². The maximum atomic E-state index is 13.8. The normalized spacial score (nSPS) is 20.8. The molecular formula is C17H17FN2O3S. The highest BCUT2D eigenvalue weighted by molar-refractivity contribution is 7.16. The van der Waals surface area contributed by atoms with Gasteiger partial charge >= 0.3 is 5.97 Å². The minimum Gasteiger partial charge on any atom is -0.481 e. The molecule has 1 amide bonds. The molecule has 1 aromatic heterocycles. The number of carboxylic acid groups (broad SMARTS) is 1. The first-order chi connectivity index (χ1) is 11.5. The summed E-state index contributed by atoms with van der Waals surface area (Å²) in [6.07, 6.45) is 2.01. The summed E-state index contributed by atoms with van der Waals surface area (Å²) in [6, 6.07) is 6.28. The maximum absolute atomic E-state index is 13.8. The number of carbonyl (C=O) groups is 2. The quantitative estimate of drug-likeness (QED) is 0.925. The Labute approximate surface area is 142 Å². The number of amides is 1. The molecule has 7 heteroatoms. The Morgan fingerprint density at radius 1 is 1.33 bits per heavy atom. The average molecular weight is 348 g/mol. The van der Waals surface area contributed by atoms with E-state index in [0.717, 1.165) is 11.3 Å². The summed E-state index contributed by atoms with van der Waals surface area (Å²) >= 11 is 1.12. The smallest absolute Gasteiger partial charge is 0.308 e. The zero-order valence-electron chi connectivity index (χ0n) is 13.1. The molecule has 0 radical (unpaired) electrons. The van der Waals surface area contributed by atoms with Crippen LogP contribution in [0.5, 0.6) is 0 Å². The van der Waals surface area contributed by atoms with Gasteiger partial charge in [-0.3, -0.25) is 9.59 Å². The lowest BCUT2D eigenvalue weighted by Gasteiger charge is -2.34. The predicted molar refractivity (Wildman–Crippen MR) is 88.3 cm³/mol. The van der Waals surface area contributed by atoms with Crippen LogP contribution in [0.3, 0.4) is 0 Å². The number of hydrogen-bond acceptors (Lipinski definition) is 4. The fourth-order valence-corrected chi connectivity index (χ4v) is 3.90. The van der Waals surface area contributed by atoms with Crippen LogP contribution < -0.4 is 0 Å². The molecule has 2 unspecified atom stereocenters. The standard InChI is InChI=1S/C17H17FN2O3S/c1-10-6-11(17(22)23)9-20(8-10)16(21)14-7-19-15(24-14)12-4-2-3-5-13(12)18/h2-5,7,10-11H,6,8-9H2,1H3,(H,22,23). The Hall–Kier alpha value is -2.28. The summed E-state index contributed by atoms with van der Waals surface area (Å²) in [5.41, 5.74) is 0.358. The van der Waals surface area contributed by atoms with Crippen molar-refractivity contribution in [2.75, 3.05) is 13.1 Å². The molecule has 24 heavy (non-hydrogen) atoms. The van der Waals surface area contributed by atoms with Crippen molar-refractivity contribution in [3.63, 3.8) is 0 Å². The van der Waals surface area contributed by atoms with E-state index in [1.54, 1.807) is 23.1 Å². The van der Waals surface area contributed by atoms with Crippen LogP contribution in [0, 0.1) is 17.7 Å². The highest BCUT2D eigenvalue weighted by atomic mass is 32.1. The minimum atomic E-state index is -0.879. The van der Waals surface area contributed by atoms with Gasteiger partial charge in [-0.05, 0) is 24.5 Å². The summed E-state index contributed by atoms with van der Waals surface area (Å²) in [5.74, 6) is -1.92. The summed E-state index contributed by atoms with van der Waals surface area (Å²) in [5, 5.41) is 9.66. The van der Waals surface area contributed by atoms with Crippen LogP contribution >= 0.6 is 11.3 Å². The van der Waals surface area contributed by atoms with E-state index in [4.69, 9.17) is 0 Å². The Morgan fingerprint density at radius 3 is 2.79 bits per heavy atom. The van der Waals surface area contributed by atoms with Gasteiger partial charge in [-0.25, -0.2) is 9.37 Å². The van der Waals surface area contributed by atoms with Gasteiger partial charge in [0.1, 0.15) is 15.7 Å². The Balaban J connectivity index is 1.81. The first kappa shape index (κ1) is 16.6. The molecule has 126 valence electrons. The molecule has 1 aromatic carbocycles. The topological polar surface area (TPSA) is 70.5 Å². The van der Waals surface area contributed by atoms with Crippen molar-refractivity contribution < 1.29 is 19.1 Å². The van der Waals surface area contributed by atoms with Crippen LogP contribution in [0.15, 0.2) is 30.5 Å². The lowest BCUT2D eigenvalue weighted by atomic mass is 9.90. The molecule has 3 rings (SSSR count). The third kappa shape index (κ3) is 3.31. The van der Waals surface area contributed by atoms with Crippen molar-refractivity contribution in [3.8, 4) is 10.6 Å². The molecule has 2 heterocycles. The van der Waals surface area contributed by atoms with E-state index in [9.17, 15) is 19.1 Å². The van der Waals surface area contributed by atoms with E-state index in [-0.39, 0.29) is 24.2 Å². The summed E-state index contributed by atoms with van der Waals surface area (Å²) in [6.45, 7) is 2.66. The SMILES string of the molecule is CC1CC(C(=O)O)CN(C(=O)c2cnc(-c3ccccc3F)s2)C1. The van der Waals surface area contributed by atoms with E-state index in [0.29, 0.717) is 28.4 Å². The number of piperidine rings is 1. The van der Waals surface area contributed by atoms with Crippen LogP contribution in [0.1, 0.15) is 23.0 Å². The van der Waals surface area contributed by atoms with Crippen LogP contribution in [0.25, 0.3) is 10.6 Å². The number of rotatable bonds is 3. The zero-order valence-corrected chi connectivity index (χ0v) is 13.9. The van der Waals surface area contributed by atoms with E-state index < -0.39 is 11.9 Å². The van der Waals surface area contributed by atoms with Crippen LogP contribution in [0.2, 0.25) is 0 Å². The summed E-state index contributed by atoms with van der Waals surface area (Å²) < 4.78 is 13.8. The average Bonchev–Trinajstić information content (AvgIpc) is 3.03. The van der Waals surface area contributed by atoms with Gasteiger partial charge < -0.3 is 10.0 Å². The number of aliphatic carboxylic acids is 1. The molecule has 1 N–H and O–H groups in total. The Bertz CT molecular complexity index is 777. The molecule has 5 nitrogen and oxygen atoms in total. The third-order valence-corrected chi connectivity index (χ3v) is 5.14. The molecule has 0 bridgehead atoms. The first-order valence-electron chi connectivity index (χ1n) is 7.68. The van der Waals surface area contributed by atoms with Gasteiger partial charge in [-0.15, -0.1) is 11.3 Å². The number of aromatic nitrogens is 1. The lowest BCUT2D eigenvalue weighted by Crippen LogP contribution is -2.45. The first-order valence-corrected chi connectivity index (χ1v) is 8.50. The molecule has 1 aliphatic rings. The third-order valence-electron chi connectivity index (χ3n) is 4.12. The van der Waals surface area contributed by atoms with Gasteiger partial charge in [-0.2, -0.15) is 0 Å². The molecule has 1 aliphatic heterocycles. The van der Waals surface area contributed by atoms with E-state index >= 15 is 0 Å². The molecule has 1 fully saturated rings. The number of halogens is 1. The maximum Gasteiger partial charge on any atom is 0.308 e. The number of thiazole rings is 1. The monoisotopic (exact) mass is 348 g/mol. The summed E-state index contributed by atoms with van der Waals surface area (Å²) in [7, 11) is 0. The second kappa shape index (κ2) is 6.68. The van der Waals surface area contributed by atoms with E-state index in [1.165, 1.54) is 12.3 Å². The Kier molecular flexibility index (Phi) is 4.62. The molecule has 2 aromatic rings. The fourth-order valence-electron chi connectivity index (χ4n) is 2.98. The van der Waals surface area contributed by atoms with Crippen molar-refractivity contribution in [2.24, 2.45) is 11.8 Å². The Morgan fingerprint density at radius 2 is 2.08 bits per heavy atom. The number of hydrogen-bond donors (Lipinski definition) is 1. The summed E-state index contributed by atoms with van der Waals surface area (Å²) in [4.78, 5) is 30.0. The van der Waals surface area contributed by atoms with E-state index in [2.05, 4.69) is 4.98 Å². The largest absolute Gasteiger partial charge is 0.481 e. The number of nitrogens with zero attached hydrogens (tertiary/aromatic N) is 2. The molecular weight excluding hydrogens is 331 g/mol. The second-order valence-corrected chi connectivity index (χ2v) is 7.13. The lowest BCUT2D eigenvalue weighted by molar-refractivity contribution is -0.143. The fraction of sp³-hybridized carbons (Fsp3) is 0.353. The molecule has 0 spiro atoms. The van der Waals surface area contributed by atoms with Crippen molar-refractivity contribution >= 4 is 23.2 Å². The van der Waals surface area contributed by atoms with Gasteiger partial charge in [0.15, 0.2) is 0 Å². The van der Waals surface area contributed by atoms with Gasteiger partial charge in [0.2, 0.25) is 0 Å². The van der Waals surface area contributed by atoms with Crippen molar-refractivity contribution in [1.82, 2.24) is 9.88 Å².